The van der Waals surface area contributed by atoms with E-state index in [-0.39, 0.29) is 68.0 Å². The van der Waals surface area contributed by atoms with Crippen LogP contribution in [0.15, 0.2) is 36.4 Å². The number of amides is 7. The zero-order chi connectivity index (χ0) is 33.4. The van der Waals surface area contributed by atoms with Gasteiger partial charge in [-0.15, -0.1) is 0 Å². The third-order valence-corrected chi connectivity index (χ3v) is 6.64. The molecule has 0 saturated carbocycles. The van der Waals surface area contributed by atoms with Crippen LogP contribution < -0.4 is 26.6 Å². The number of nitrogens with zero attached hydrogens (tertiary/aromatic N) is 1. The Morgan fingerprint density at radius 1 is 0.822 bits per heavy atom. The number of benzene rings is 1. The number of rotatable bonds is 18. The second-order valence-electron chi connectivity index (χ2n) is 10.9. The van der Waals surface area contributed by atoms with Gasteiger partial charge < -0.3 is 31.3 Å². The Bertz CT molecular complexity index is 1240. The van der Waals surface area contributed by atoms with Crippen LogP contribution in [0.4, 0.5) is 10.5 Å². The van der Waals surface area contributed by atoms with Gasteiger partial charge in [0, 0.05) is 36.8 Å². The fourth-order valence-electron chi connectivity index (χ4n) is 4.07. The number of hydrogen-bond donors (Lipinski definition) is 5. The second-order valence-corrected chi connectivity index (χ2v) is 10.9. The number of anilines is 1. The molecule has 45 heavy (non-hydrogen) atoms. The van der Waals surface area contributed by atoms with Crippen LogP contribution in [0, 0.1) is 5.92 Å². The van der Waals surface area contributed by atoms with E-state index in [1.807, 2.05) is 0 Å². The van der Waals surface area contributed by atoms with Crippen LogP contribution in [-0.2, 0) is 40.1 Å². The molecule has 1 aliphatic heterocycles. The summed E-state index contributed by atoms with van der Waals surface area (Å²) in [7, 11) is 5.43. The van der Waals surface area contributed by atoms with Gasteiger partial charge in [0.25, 0.3) is 11.8 Å². The zero-order valence-electron chi connectivity index (χ0n) is 25.9. The Kier molecular flexibility index (Phi) is 15.3. The molecule has 0 aliphatic carbocycles. The first-order valence-electron chi connectivity index (χ1n) is 14.8. The van der Waals surface area contributed by atoms with Gasteiger partial charge in [-0.3, -0.25) is 33.7 Å². The van der Waals surface area contributed by atoms with E-state index in [1.165, 1.54) is 12.2 Å². The van der Waals surface area contributed by atoms with Gasteiger partial charge in [0.2, 0.25) is 23.6 Å². The minimum atomic E-state index is -0.836. The number of carbonyl (C=O) groups is 7. The molecule has 1 unspecified atom stereocenters. The molecule has 1 aliphatic rings. The molecule has 1 aromatic rings. The summed E-state index contributed by atoms with van der Waals surface area (Å²) in [5, 5.41) is 12.9. The van der Waals surface area contributed by atoms with Gasteiger partial charge in [0.1, 0.15) is 19.2 Å². The summed E-state index contributed by atoms with van der Waals surface area (Å²) < 4.78 is 5.08. The largest absolute Gasteiger partial charge is 0.445 e. The Balaban J connectivity index is 1.67. The van der Waals surface area contributed by atoms with E-state index in [1.54, 1.807) is 45.0 Å². The fraction of sp³-hybridized carbons (Fsp3) is 0.500. The van der Waals surface area contributed by atoms with Crippen molar-refractivity contribution in [2.75, 3.05) is 25.0 Å². The van der Waals surface area contributed by atoms with Crippen LogP contribution in [0.2, 0.25) is 6.32 Å². The third-order valence-electron chi connectivity index (χ3n) is 6.64. The lowest BCUT2D eigenvalue weighted by Gasteiger charge is -2.21. The van der Waals surface area contributed by atoms with Crippen LogP contribution in [0.1, 0.15) is 52.0 Å². The highest BCUT2D eigenvalue weighted by molar-refractivity contribution is 6.12. The molecular formula is C30H41BN6O8. The summed E-state index contributed by atoms with van der Waals surface area (Å²) in [5.74, 6) is -2.58. The van der Waals surface area contributed by atoms with E-state index in [2.05, 4.69) is 26.6 Å². The van der Waals surface area contributed by atoms with E-state index in [4.69, 9.17) is 12.6 Å². The number of alkyl carbamates (subject to hydrolysis) is 1. The molecule has 14 nitrogen and oxygen atoms in total. The van der Waals surface area contributed by atoms with Gasteiger partial charge in [0.15, 0.2) is 0 Å². The van der Waals surface area contributed by atoms with Gasteiger partial charge >= 0.3 is 6.09 Å². The molecule has 0 aromatic heterocycles. The van der Waals surface area contributed by atoms with Crippen molar-refractivity contribution in [3.8, 4) is 0 Å². The summed E-state index contributed by atoms with van der Waals surface area (Å²) in [4.78, 5) is 85.3. The van der Waals surface area contributed by atoms with Crippen molar-refractivity contribution < 1.29 is 38.3 Å². The van der Waals surface area contributed by atoms with Gasteiger partial charge in [-0.05, 0) is 43.4 Å². The highest BCUT2D eigenvalue weighted by Crippen LogP contribution is 2.11. The summed E-state index contributed by atoms with van der Waals surface area (Å²) in [6.07, 6.45) is 3.87. The minimum absolute atomic E-state index is 0.0580. The van der Waals surface area contributed by atoms with Gasteiger partial charge in [-0.25, -0.2) is 4.79 Å². The van der Waals surface area contributed by atoms with Crippen LogP contribution in [0.5, 0.6) is 0 Å². The van der Waals surface area contributed by atoms with Crippen molar-refractivity contribution in [1.29, 1.82) is 0 Å². The monoisotopic (exact) mass is 624 g/mol. The molecule has 0 saturated heterocycles. The number of ether oxygens (including phenoxy) is 1. The lowest BCUT2D eigenvalue weighted by atomic mass is 9.99. The fourth-order valence-corrected chi connectivity index (χ4v) is 4.07. The molecule has 1 heterocycles. The first-order valence-corrected chi connectivity index (χ1v) is 14.8. The van der Waals surface area contributed by atoms with Crippen LogP contribution in [-0.4, -0.2) is 86.0 Å². The van der Waals surface area contributed by atoms with Crippen molar-refractivity contribution in [2.45, 2.75) is 71.5 Å². The van der Waals surface area contributed by atoms with Crippen LogP contribution in [0.25, 0.3) is 0 Å². The molecule has 5 N–H and O–H groups in total. The van der Waals surface area contributed by atoms with E-state index < -0.39 is 23.9 Å². The average Bonchev–Trinajstić information content (AvgIpc) is 3.33. The molecule has 2 atom stereocenters. The molecule has 1 aromatic carbocycles. The normalized spacial score (nSPS) is 13.6. The number of carbonyl (C=O) groups excluding carboxylic acids is 7. The summed E-state index contributed by atoms with van der Waals surface area (Å²) in [6, 6.07) is 5.45. The van der Waals surface area contributed by atoms with Gasteiger partial charge in [0.05, 0.1) is 14.4 Å². The number of imide groups is 1. The molecule has 0 fully saturated rings. The lowest BCUT2D eigenvalue weighted by Crippen LogP contribution is -2.51. The van der Waals surface area contributed by atoms with Crippen LogP contribution >= 0.6 is 0 Å². The molecule has 2 rings (SSSR count). The average molecular weight is 625 g/mol. The Labute approximate surface area is 263 Å². The molecular weight excluding hydrogens is 583 g/mol. The standard InChI is InChI=1S/C30H41BN6O8/c1-19(2)28(36-23(38)7-5-4-6-14-37-26(41)12-13-27(37)42)29(43)32-16-25(40)35-22-10-8-21(9-11-22)18-45-30(44)33-17-24(39)34-20(3)15-31/h8-13,19-20,28H,4-7,14-18H2,1-3H3,(H,32,43)(H,33,44)(H,34,39)(H,35,40)(H,36,38)/t20-,28?/m1/s1. The van der Waals surface area contributed by atoms with Gasteiger partial charge in [-0.2, -0.15) is 0 Å². The molecule has 2 radical (unpaired) electrons. The maximum Gasteiger partial charge on any atom is 0.407 e. The number of nitrogens with one attached hydrogen (secondary N) is 5. The van der Waals surface area contributed by atoms with Crippen molar-refractivity contribution in [2.24, 2.45) is 5.92 Å². The quantitative estimate of drug-likeness (QED) is 0.0895. The SMILES string of the molecule is [B]C[C@@H](C)NC(=O)CNC(=O)OCc1ccc(NC(=O)CNC(=O)C(NC(=O)CCCCCN2C(=O)C=CC2=O)C(C)C)cc1. The lowest BCUT2D eigenvalue weighted by molar-refractivity contribution is -0.137. The van der Waals surface area contributed by atoms with E-state index in [0.29, 0.717) is 37.1 Å². The van der Waals surface area contributed by atoms with Crippen molar-refractivity contribution in [3.63, 3.8) is 0 Å². The van der Waals surface area contributed by atoms with E-state index in [9.17, 15) is 33.6 Å². The van der Waals surface area contributed by atoms with Crippen molar-refractivity contribution in [3.05, 3.63) is 42.0 Å². The zero-order valence-corrected chi connectivity index (χ0v) is 25.9. The summed E-state index contributed by atoms with van der Waals surface area (Å²) in [6.45, 7) is 4.96. The van der Waals surface area contributed by atoms with E-state index in [0.717, 1.165) is 4.90 Å². The minimum Gasteiger partial charge on any atom is -0.445 e. The number of unbranched alkanes of at least 4 members (excludes halogenated alkanes) is 2. The Morgan fingerprint density at radius 3 is 2.09 bits per heavy atom. The Morgan fingerprint density at radius 2 is 1.47 bits per heavy atom. The topological polar surface area (TPSA) is 192 Å². The third kappa shape index (κ3) is 13.7. The van der Waals surface area contributed by atoms with E-state index >= 15 is 0 Å². The molecule has 15 heteroatoms. The molecule has 0 spiro atoms. The Hall–Kier alpha value is -4.69. The maximum absolute atomic E-state index is 12.7. The maximum atomic E-state index is 12.7. The molecule has 242 valence electrons. The summed E-state index contributed by atoms with van der Waals surface area (Å²) in [5.41, 5.74) is 1.10. The van der Waals surface area contributed by atoms with Crippen LogP contribution in [0.3, 0.4) is 0 Å². The highest BCUT2D eigenvalue weighted by Gasteiger charge is 2.25. The number of hydrogen-bond acceptors (Lipinski definition) is 8. The van der Waals surface area contributed by atoms with Crippen molar-refractivity contribution >= 4 is 55.1 Å². The second kappa shape index (κ2) is 18.9. The first-order chi connectivity index (χ1) is 21.4. The highest BCUT2D eigenvalue weighted by atomic mass is 16.5. The smallest absolute Gasteiger partial charge is 0.407 e. The molecule has 7 amide bonds. The van der Waals surface area contributed by atoms with Gasteiger partial charge in [-0.1, -0.05) is 38.7 Å². The first kappa shape index (κ1) is 36.5. The summed E-state index contributed by atoms with van der Waals surface area (Å²) >= 11 is 0. The predicted octanol–water partition coefficient (Wildman–Crippen LogP) is 0.685. The predicted molar refractivity (Wildman–Crippen MR) is 166 cm³/mol. The van der Waals surface area contributed by atoms with Crippen molar-refractivity contribution in [1.82, 2.24) is 26.2 Å². The molecule has 0 bridgehead atoms.